The molecule has 0 amide bonds. The highest BCUT2D eigenvalue weighted by atomic mass is 79.9. The Labute approximate surface area is 281 Å². The van der Waals surface area contributed by atoms with E-state index in [0.29, 0.717) is 0 Å². The third-order valence-electron chi connectivity index (χ3n) is 7.08. The molecule has 2 nitrogen and oxygen atoms in total. The van der Waals surface area contributed by atoms with E-state index >= 15 is 0 Å². The monoisotopic (exact) mass is 682 g/mol. The summed E-state index contributed by atoms with van der Waals surface area (Å²) in [6, 6.07) is 58.8. The zero-order chi connectivity index (χ0) is 30.7. The van der Waals surface area contributed by atoms with Gasteiger partial charge < -0.3 is 10.2 Å². The van der Waals surface area contributed by atoms with E-state index in [1.54, 1.807) is 22.7 Å². The van der Waals surface area contributed by atoms with Crippen molar-refractivity contribution in [3.8, 4) is 0 Å². The fourth-order valence-electron chi connectivity index (χ4n) is 5.03. The predicted octanol–water partition coefficient (Wildman–Crippen LogP) is 13.5. The van der Waals surface area contributed by atoms with Crippen LogP contribution in [0.25, 0.3) is 21.5 Å². The highest BCUT2D eigenvalue weighted by Gasteiger charge is 2.15. The quantitative estimate of drug-likeness (QED) is 0.194. The minimum absolute atomic E-state index is 1.11. The van der Waals surface area contributed by atoms with Crippen molar-refractivity contribution in [1.82, 2.24) is 0 Å². The molecule has 1 N–H and O–H groups in total. The number of rotatable bonds is 5. The van der Waals surface area contributed by atoms with Gasteiger partial charge in [0.25, 0.3) is 0 Å². The second-order valence-corrected chi connectivity index (χ2v) is 13.3. The number of thiophene rings is 2. The summed E-state index contributed by atoms with van der Waals surface area (Å²) in [5.74, 6) is 0. The van der Waals surface area contributed by atoms with Crippen LogP contribution in [0.1, 0.15) is 0 Å². The van der Waals surface area contributed by atoms with Crippen molar-refractivity contribution >= 4 is 87.9 Å². The maximum absolute atomic E-state index is 3.45. The summed E-state index contributed by atoms with van der Waals surface area (Å²) in [5.41, 5.74) is 4.66. The molecule has 2 aromatic heterocycles. The van der Waals surface area contributed by atoms with Crippen LogP contribution in [0.15, 0.2) is 184 Å². The van der Waals surface area contributed by atoms with Gasteiger partial charge >= 0.3 is 0 Å². The number of anilines is 5. The van der Waals surface area contributed by atoms with Crippen molar-refractivity contribution in [2.75, 3.05) is 10.2 Å². The third kappa shape index (κ3) is 7.89. The van der Waals surface area contributed by atoms with Crippen molar-refractivity contribution in [2.45, 2.75) is 0 Å². The molecule has 0 aliphatic heterocycles. The van der Waals surface area contributed by atoms with E-state index in [9.17, 15) is 0 Å². The highest BCUT2D eigenvalue weighted by Crippen LogP contribution is 2.40. The molecule has 0 atom stereocenters. The minimum Gasteiger partial charge on any atom is -0.355 e. The van der Waals surface area contributed by atoms with Crippen molar-refractivity contribution in [2.24, 2.45) is 0 Å². The van der Waals surface area contributed by atoms with Crippen LogP contribution in [0.5, 0.6) is 0 Å². The van der Waals surface area contributed by atoms with Crippen LogP contribution in [-0.4, -0.2) is 0 Å². The lowest BCUT2D eigenvalue weighted by Crippen LogP contribution is -2.08. The molecule has 5 heteroatoms. The second kappa shape index (κ2) is 15.4. The van der Waals surface area contributed by atoms with E-state index in [2.05, 4.69) is 171 Å². The first-order valence-electron chi connectivity index (χ1n) is 14.6. The highest BCUT2D eigenvalue weighted by molar-refractivity contribution is 9.11. The fourth-order valence-corrected chi connectivity index (χ4v) is 6.72. The van der Waals surface area contributed by atoms with Crippen LogP contribution in [0.2, 0.25) is 0 Å². The Kier molecular flexibility index (Phi) is 10.4. The van der Waals surface area contributed by atoms with Gasteiger partial charge in [0.15, 0.2) is 0 Å². The minimum atomic E-state index is 1.11. The molecule has 0 spiro atoms. The van der Waals surface area contributed by atoms with Gasteiger partial charge in [0.1, 0.15) is 0 Å². The van der Waals surface area contributed by atoms with Crippen molar-refractivity contribution < 1.29 is 0 Å². The number of fused-ring (bicyclic) bond motifs is 2. The van der Waals surface area contributed by atoms with Gasteiger partial charge in [-0.3, -0.25) is 0 Å². The molecule has 8 aromatic rings. The Hall–Kier alpha value is -4.68. The molecule has 45 heavy (non-hydrogen) atoms. The van der Waals surface area contributed by atoms with Gasteiger partial charge in [-0.2, -0.15) is 0 Å². The van der Waals surface area contributed by atoms with Crippen LogP contribution in [0.3, 0.4) is 0 Å². The fraction of sp³-hybridized carbons (Fsp3) is 0. The SMILES string of the molecule is Brc1cccs1.c1ccc(N(c2cccs2)c2cccc3ccccc23)cc1.c1ccc(Nc2cccc3ccccc23)cc1. The van der Waals surface area contributed by atoms with Gasteiger partial charge in [-0.05, 0) is 92.1 Å². The molecule has 2 heterocycles. The van der Waals surface area contributed by atoms with Crippen LogP contribution < -0.4 is 10.2 Å². The first-order chi connectivity index (χ1) is 22.3. The third-order valence-corrected chi connectivity index (χ3v) is 9.41. The second-order valence-electron chi connectivity index (χ2n) is 10.1. The number of hydrogen-bond donors (Lipinski definition) is 1. The van der Waals surface area contributed by atoms with Crippen LogP contribution in [0.4, 0.5) is 27.8 Å². The molecule has 0 unspecified atom stereocenters. The largest absolute Gasteiger partial charge is 0.355 e. The lowest BCUT2D eigenvalue weighted by atomic mass is 10.1. The summed E-state index contributed by atoms with van der Waals surface area (Å²) in [5, 5.41) is 13.9. The van der Waals surface area contributed by atoms with E-state index in [-0.39, 0.29) is 0 Å². The van der Waals surface area contributed by atoms with E-state index in [4.69, 9.17) is 0 Å². The molecule has 220 valence electrons. The number of nitrogens with one attached hydrogen (secondary N) is 1. The van der Waals surface area contributed by atoms with E-state index in [1.807, 2.05) is 35.7 Å². The molecule has 0 saturated heterocycles. The standard InChI is InChI=1S/C20H15NS.C16H13N.C4H3BrS/c1-2-10-17(11-3-1)21(20-14-7-15-22-20)19-13-6-9-16-8-4-5-12-18(16)19;1-2-9-14(10-3-1)17-16-12-6-8-13-7-4-5-11-15(13)16;5-4-2-1-3-6-4/h1-15H;1-12,17H;1-3H. The number of hydrogen-bond acceptors (Lipinski definition) is 4. The molecular formula is C40H31BrN2S2. The summed E-state index contributed by atoms with van der Waals surface area (Å²) >= 11 is 6.75. The lowest BCUT2D eigenvalue weighted by Gasteiger charge is -2.25. The van der Waals surface area contributed by atoms with E-state index < -0.39 is 0 Å². The van der Waals surface area contributed by atoms with Gasteiger partial charge in [-0.15, -0.1) is 22.7 Å². The Balaban J connectivity index is 0.000000137. The van der Waals surface area contributed by atoms with E-state index in [1.165, 1.54) is 41.7 Å². The molecule has 6 aromatic carbocycles. The molecule has 0 saturated carbocycles. The summed E-state index contributed by atoms with van der Waals surface area (Å²) in [7, 11) is 0. The van der Waals surface area contributed by atoms with Gasteiger partial charge in [0.2, 0.25) is 0 Å². The molecule has 0 aliphatic rings. The Morgan fingerprint density at radius 2 is 1.04 bits per heavy atom. The van der Waals surface area contributed by atoms with Gasteiger partial charge in [-0.1, -0.05) is 115 Å². The van der Waals surface area contributed by atoms with Crippen molar-refractivity contribution in [1.29, 1.82) is 0 Å². The average Bonchev–Trinajstić information content (AvgIpc) is 3.82. The molecule has 0 radical (unpaired) electrons. The Morgan fingerprint density at radius 1 is 0.467 bits per heavy atom. The first kappa shape index (κ1) is 30.4. The number of nitrogens with zero attached hydrogens (tertiary/aromatic N) is 1. The van der Waals surface area contributed by atoms with E-state index in [0.717, 1.165) is 11.4 Å². The summed E-state index contributed by atoms with van der Waals surface area (Å²) < 4.78 is 1.20. The predicted molar refractivity (Wildman–Crippen MR) is 202 cm³/mol. The molecule has 0 bridgehead atoms. The normalized spacial score (nSPS) is 10.3. The Bertz CT molecular complexity index is 2030. The van der Waals surface area contributed by atoms with Crippen LogP contribution in [-0.2, 0) is 0 Å². The van der Waals surface area contributed by atoms with Gasteiger partial charge in [-0.25, -0.2) is 0 Å². The average molecular weight is 684 g/mol. The van der Waals surface area contributed by atoms with Crippen LogP contribution >= 0.6 is 38.6 Å². The molecule has 8 rings (SSSR count). The van der Waals surface area contributed by atoms with Crippen molar-refractivity contribution in [3.05, 3.63) is 184 Å². The smallest absolute Gasteiger partial charge is 0.0999 e. The summed E-state index contributed by atoms with van der Waals surface area (Å²) in [6.45, 7) is 0. The van der Waals surface area contributed by atoms with Gasteiger partial charge in [0, 0.05) is 27.8 Å². The lowest BCUT2D eigenvalue weighted by molar-refractivity contribution is 1.33. The number of benzene rings is 6. The zero-order valence-electron chi connectivity index (χ0n) is 24.5. The van der Waals surface area contributed by atoms with Crippen molar-refractivity contribution in [3.63, 3.8) is 0 Å². The molecule has 0 fully saturated rings. The maximum atomic E-state index is 3.45. The Morgan fingerprint density at radius 3 is 1.69 bits per heavy atom. The summed E-state index contributed by atoms with van der Waals surface area (Å²) in [4.78, 5) is 2.33. The summed E-state index contributed by atoms with van der Waals surface area (Å²) in [6.07, 6.45) is 0. The first-order valence-corrected chi connectivity index (χ1v) is 17.2. The zero-order valence-corrected chi connectivity index (χ0v) is 27.7. The van der Waals surface area contributed by atoms with Crippen LogP contribution in [0, 0.1) is 0 Å². The van der Waals surface area contributed by atoms with Gasteiger partial charge in [0.05, 0.1) is 14.5 Å². The maximum Gasteiger partial charge on any atom is 0.0999 e. The number of halogens is 1. The molecule has 0 aliphatic carbocycles. The molecular weight excluding hydrogens is 652 g/mol. The topological polar surface area (TPSA) is 15.3 Å². The number of para-hydroxylation sites is 2.